The molecule has 3 aromatic rings. The molecule has 1 aliphatic rings. The normalized spacial score (nSPS) is 18.0. The van der Waals surface area contributed by atoms with Crippen molar-refractivity contribution in [1.82, 2.24) is 25.1 Å². The van der Waals surface area contributed by atoms with Gasteiger partial charge in [-0.15, -0.1) is 5.10 Å². The van der Waals surface area contributed by atoms with E-state index in [1.807, 2.05) is 0 Å². The third-order valence-electron chi connectivity index (χ3n) is 6.18. The number of halogens is 7. The summed E-state index contributed by atoms with van der Waals surface area (Å²) < 4.78 is 102. The van der Waals surface area contributed by atoms with Crippen LogP contribution in [-0.2, 0) is 15.8 Å². The van der Waals surface area contributed by atoms with Gasteiger partial charge in [-0.05, 0) is 26.0 Å². The molecule has 4 rings (SSSR count). The molecule has 1 aromatic carbocycles. The molecule has 0 saturated carbocycles. The molecule has 3 heterocycles. The molecule has 0 radical (unpaired) electrons. The molecule has 1 saturated heterocycles. The van der Waals surface area contributed by atoms with Gasteiger partial charge >= 0.3 is 12.4 Å². The van der Waals surface area contributed by atoms with Crippen molar-refractivity contribution in [2.75, 3.05) is 11.9 Å². The van der Waals surface area contributed by atoms with Crippen molar-refractivity contribution in [1.29, 1.82) is 0 Å². The second-order valence-electron chi connectivity index (χ2n) is 9.47. The van der Waals surface area contributed by atoms with Gasteiger partial charge in [0.25, 0.3) is 0 Å². The molecule has 16 heteroatoms. The topological polar surface area (TPSA) is 111 Å². The molecule has 40 heavy (non-hydrogen) atoms. The molecule has 2 aromatic heterocycles. The molecule has 2 amide bonds. The molecule has 9 nitrogen and oxygen atoms in total. The van der Waals surface area contributed by atoms with Crippen LogP contribution in [0.5, 0.6) is 5.75 Å². The Kier molecular flexibility index (Phi) is 7.23. The molecule has 1 aliphatic heterocycles. The highest BCUT2D eigenvalue weighted by atomic mass is 19.4. The van der Waals surface area contributed by atoms with E-state index in [1.165, 1.54) is 6.92 Å². The summed E-state index contributed by atoms with van der Waals surface area (Å²) in [5.41, 5.74) is -4.74. The number of nitrogens with one attached hydrogen (secondary N) is 2. The first-order valence-corrected chi connectivity index (χ1v) is 11.6. The average molecular weight is 574 g/mol. The highest BCUT2D eigenvalue weighted by molar-refractivity contribution is 5.98. The lowest BCUT2D eigenvalue weighted by molar-refractivity contribution is -0.234. The van der Waals surface area contributed by atoms with Gasteiger partial charge in [0.05, 0.1) is 11.6 Å². The Morgan fingerprint density at radius 2 is 1.75 bits per heavy atom. The summed E-state index contributed by atoms with van der Waals surface area (Å²) in [6, 6.07) is 3.56. The molecule has 0 aliphatic carbocycles. The number of alkyl halides is 6. The van der Waals surface area contributed by atoms with Crippen molar-refractivity contribution in [2.24, 2.45) is 11.8 Å². The van der Waals surface area contributed by atoms with Gasteiger partial charge < -0.3 is 15.4 Å². The van der Waals surface area contributed by atoms with Gasteiger partial charge in [-0.25, -0.2) is 19.0 Å². The van der Waals surface area contributed by atoms with Crippen LogP contribution in [-0.4, -0.2) is 49.9 Å². The first-order valence-electron chi connectivity index (χ1n) is 11.6. The molecule has 2 atom stereocenters. The van der Waals surface area contributed by atoms with Crippen molar-refractivity contribution < 1.29 is 45.1 Å². The third kappa shape index (κ3) is 5.70. The predicted octanol–water partition coefficient (Wildman–Crippen LogP) is 4.53. The Balaban J connectivity index is 1.83. The Hall–Kier alpha value is -4.24. The highest BCUT2D eigenvalue weighted by Crippen LogP contribution is 2.38. The molecule has 0 spiro atoms. The summed E-state index contributed by atoms with van der Waals surface area (Å²) in [5.74, 6) is -5.34. The number of nitrogens with zero attached hydrogens (tertiary/aromatic N) is 4. The fraction of sp³-hybridized carbons (Fsp3) is 0.375. The van der Waals surface area contributed by atoms with Crippen molar-refractivity contribution in [3.8, 4) is 22.8 Å². The SMILES string of the molecule is C[C@H]1C(=O)NC[C@@H]1C(=O)Nc1cc(-c2cc(F)cc(OC(C)(C)C(F)(F)F)c2)n(-c2nccnc2C(F)(F)F)n1. The number of carbonyl (C=O) groups excluding carboxylic acids is 2. The van der Waals surface area contributed by atoms with E-state index in [0.29, 0.717) is 24.6 Å². The van der Waals surface area contributed by atoms with Crippen molar-refractivity contribution in [2.45, 2.75) is 38.7 Å². The van der Waals surface area contributed by atoms with Gasteiger partial charge in [0.2, 0.25) is 11.8 Å². The molecule has 214 valence electrons. The van der Waals surface area contributed by atoms with Crippen LogP contribution in [0.2, 0.25) is 0 Å². The van der Waals surface area contributed by atoms with Gasteiger partial charge in [0.1, 0.15) is 11.6 Å². The van der Waals surface area contributed by atoms with Crippen LogP contribution in [0.3, 0.4) is 0 Å². The number of carbonyl (C=O) groups is 2. The quantitative estimate of drug-likeness (QED) is 0.419. The number of rotatable bonds is 6. The minimum atomic E-state index is -5.01. The Labute approximate surface area is 221 Å². The molecular weight excluding hydrogens is 553 g/mol. The van der Waals surface area contributed by atoms with Crippen LogP contribution in [0.4, 0.5) is 36.6 Å². The van der Waals surface area contributed by atoms with E-state index in [4.69, 9.17) is 4.74 Å². The van der Waals surface area contributed by atoms with Gasteiger partial charge in [-0.1, -0.05) is 6.92 Å². The van der Waals surface area contributed by atoms with Crippen LogP contribution in [0, 0.1) is 17.7 Å². The van der Waals surface area contributed by atoms with Crippen molar-refractivity contribution >= 4 is 17.6 Å². The molecule has 1 fully saturated rings. The highest BCUT2D eigenvalue weighted by Gasteiger charge is 2.50. The number of aromatic nitrogens is 4. The lowest BCUT2D eigenvalue weighted by Crippen LogP contribution is -2.44. The number of ether oxygens (including phenoxy) is 1. The molecule has 0 bridgehead atoms. The van der Waals surface area contributed by atoms with E-state index in [1.54, 1.807) is 0 Å². The minimum absolute atomic E-state index is 0.0152. The van der Waals surface area contributed by atoms with E-state index in [0.717, 1.165) is 30.6 Å². The molecule has 2 N–H and O–H groups in total. The number of benzene rings is 1. The third-order valence-corrected chi connectivity index (χ3v) is 6.18. The summed E-state index contributed by atoms with van der Waals surface area (Å²) in [4.78, 5) is 31.6. The van der Waals surface area contributed by atoms with Crippen LogP contribution in [0.1, 0.15) is 26.5 Å². The van der Waals surface area contributed by atoms with Crippen molar-refractivity contribution in [3.63, 3.8) is 0 Å². The fourth-order valence-corrected chi connectivity index (χ4v) is 3.89. The van der Waals surface area contributed by atoms with Crippen molar-refractivity contribution in [3.05, 3.63) is 48.2 Å². The summed E-state index contributed by atoms with van der Waals surface area (Å²) in [7, 11) is 0. The zero-order valence-electron chi connectivity index (χ0n) is 21.0. The van der Waals surface area contributed by atoms with E-state index < -0.39 is 58.8 Å². The molecule has 0 unspecified atom stereocenters. The van der Waals surface area contributed by atoms with Crippen LogP contribution >= 0.6 is 0 Å². The lowest BCUT2D eigenvalue weighted by Gasteiger charge is -2.29. The maximum absolute atomic E-state index is 14.6. The summed E-state index contributed by atoms with van der Waals surface area (Å²) in [6.07, 6.45) is -8.11. The van der Waals surface area contributed by atoms with E-state index in [-0.39, 0.29) is 29.5 Å². The number of hydrogen-bond donors (Lipinski definition) is 2. The minimum Gasteiger partial charge on any atom is -0.478 e. The first-order chi connectivity index (χ1) is 18.5. The summed E-state index contributed by atoms with van der Waals surface area (Å²) in [6.45, 7) is 2.96. The number of amides is 2. The zero-order chi connectivity index (χ0) is 29.6. The maximum atomic E-state index is 14.6. The zero-order valence-corrected chi connectivity index (χ0v) is 21.0. The van der Waals surface area contributed by atoms with Gasteiger partial charge in [0, 0.05) is 42.6 Å². The second kappa shape index (κ2) is 10.1. The Morgan fingerprint density at radius 1 is 1.07 bits per heavy atom. The number of hydrogen-bond acceptors (Lipinski definition) is 6. The average Bonchev–Trinajstić information content (AvgIpc) is 3.40. The first kappa shape index (κ1) is 28.8. The molecular formula is C24H21F7N6O3. The number of anilines is 1. The lowest BCUT2D eigenvalue weighted by atomic mass is 9.97. The van der Waals surface area contributed by atoms with Crippen LogP contribution < -0.4 is 15.4 Å². The van der Waals surface area contributed by atoms with Crippen LogP contribution in [0.25, 0.3) is 17.1 Å². The van der Waals surface area contributed by atoms with E-state index in [2.05, 4.69) is 25.7 Å². The Morgan fingerprint density at radius 3 is 2.35 bits per heavy atom. The van der Waals surface area contributed by atoms with Gasteiger partial charge in [-0.2, -0.15) is 26.3 Å². The summed E-state index contributed by atoms with van der Waals surface area (Å²) >= 11 is 0. The standard InChI is InChI=1S/C24H21F7N6O3/c1-11-15(10-34-20(11)38)21(39)35-17-9-16(37(36-17)19-18(23(26,27)28)32-4-5-33-19)12-6-13(25)8-14(7-12)40-22(2,3)24(29,30)31/h4-9,11,15H,10H2,1-3H3,(H,34,38)(H,35,36,39)/t11-,15+/m1/s1. The van der Waals surface area contributed by atoms with Gasteiger partial charge in [0.15, 0.2) is 22.9 Å². The fourth-order valence-electron chi connectivity index (χ4n) is 3.89. The maximum Gasteiger partial charge on any atom is 0.437 e. The summed E-state index contributed by atoms with van der Waals surface area (Å²) in [5, 5.41) is 8.92. The van der Waals surface area contributed by atoms with Crippen LogP contribution in [0.15, 0.2) is 36.7 Å². The largest absolute Gasteiger partial charge is 0.478 e. The van der Waals surface area contributed by atoms with E-state index in [9.17, 15) is 40.3 Å². The smallest absolute Gasteiger partial charge is 0.437 e. The predicted molar refractivity (Wildman–Crippen MR) is 125 cm³/mol. The van der Waals surface area contributed by atoms with Gasteiger partial charge in [-0.3, -0.25) is 9.59 Å². The monoisotopic (exact) mass is 574 g/mol. The second-order valence-corrected chi connectivity index (χ2v) is 9.47. The Bertz CT molecular complexity index is 1450. The van der Waals surface area contributed by atoms with E-state index >= 15 is 0 Å².